The van der Waals surface area contributed by atoms with Crippen LogP contribution in [-0.4, -0.2) is 5.71 Å². The van der Waals surface area contributed by atoms with E-state index >= 15 is 0 Å². The first-order chi connectivity index (χ1) is 8.75. The lowest BCUT2D eigenvalue weighted by Gasteiger charge is -2.05. The SMILES string of the molecule is N=C(CCCc1ccccc1)c1ccc(Br)cc1. The zero-order chi connectivity index (χ0) is 12.8. The summed E-state index contributed by atoms with van der Waals surface area (Å²) in [5.41, 5.74) is 3.09. The fourth-order valence-corrected chi connectivity index (χ4v) is 2.17. The van der Waals surface area contributed by atoms with E-state index in [-0.39, 0.29) is 0 Å². The topological polar surface area (TPSA) is 23.9 Å². The van der Waals surface area contributed by atoms with Gasteiger partial charge in [0.25, 0.3) is 0 Å². The Bertz CT molecular complexity index is 502. The number of aryl methyl sites for hydroxylation is 1. The first-order valence-corrected chi connectivity index (χ1v) is 6.92. The summed E-state index contributed by atoms with van der Waals surface area (Å²) >= 11 is 3.41. The minimum atomic E-state index is 0.721. The Morgan fingerprint density at radius 1 is 0.944 bits per heavy atom. The van der Waals surface area contributed by atoms with Crippen LogP contribution in [-0.2, 0) is 6.42 Å². The van der Waals surface area contributed by atoms with E-state index in [0.717, 1.165) is 35.0 Å². The molecule has 0 spiro atoms. The Balaban J connectivity index is 1.84. The monoisotopic (exact) mass is 301 g/mol. The highest BCUT2D eigenvalue weighted by Crippen LogP contribution is 2.13. The summed E-state index contributed by atoms with van der Waals surface area (Å²) in [5.74, 6) is 0. The van der Waals surface area contributed by atoms with Crippen LogP contribution in [0.2, 0.25) is 0 Å². The van der Waals surface area contributed by atoms with E-state index in [9.17, 15) is 0 Å². The molecule has 0 saturated carbocycles. The van der Waals surface area contributed by atoms with Crippen LogP contribution in [0.25, 0.3) is 0 Å². The van der Waals surface area contributed by atoms with Gasteiger partial charge < -0.3 is 5.41 Å². The molecular formula is C16H16BrN. The molecule has 1 N–H and O–H groups in total. The number of halogens is 1. The van der Waals surface area contributed by atoms with Gasteiger partial charge >= 0.3 is 0 Å². The zero-order valence-electron chi connectivity index (χ0n) is 10.2. The summed E-state index contributed by atoms with van der Waals surface area (Å²) in [6.07, 6.45) is 2.90. The van der Waals surface area contributed by atoms with Gasteiger partial charge in [-0.05, 0) is 42.5 Å². The van der Waals surface area contributed by atoms with E-state index < -0.39 is 0 Å². The first kappa shape index (κ1) is 13.0. The van der Waals surface area contributed by atoms with Gasteiger partial charge in [0, 0.05) is 10.2 Å². The molecular weight excluding hydrogens is 286 g/mol. The van der Waals surface area contributed by atoms with E-state index in [1.165, 1.54) is 5.56 Å². The second-order valence-electron chi connectivity index (χ2n) is 4.32. The highest BCUT2D eigenvalue weighted by molar-refractivity contribution is 9.10. The van der Waals surface area contributed by atoms with Crippen LogP contribution in [0.3, 0.4) is 0 Å². The highest BCUT2D eigenvalue weighted by atomic mass is 79.9. The van der Waals surface area contributed by atoms with Crippen LogP contribution in [0.4, 0.5) is 0 Å². The van der Waals surface area contributed by atoms with Crippen LogP contribution >= 0.6 is 15.9 Å². The molecule has 0 saturated heterocycles. The fraction of sp³-hybridized carbons (Fsp3) is 0.188. The molecule has 0 fully saturated rings. The Hall–Kier alpha value is -1.41. The van der Waals surface area contributed by atoms with Crippen molar-refractivity contribution in [1.82, 2.24) is 0 Å². The second-order valence-corrected chi connectivity index (χ2v) is 5.24. The summed E-state index contributed by atoms with van der Waals surface area (Å²) in [6.45, 7) is 0. The Morgan fingerprint density at radius 3 is 2.28 bits per heavy atom. The molecule has 1 nitrogen and oxygen atoms in total. The molecule has 0 aromatic heterocycles. The molecule has 0 aliphatic carbocycles. The third kappa shape index (κ3) is 3.81. The molecule has 2 heteroatoms. The van der Waals surface area contributed by atoms with E-state index in [0.29, 0.717) is 0 Å². The van der Waals surface area contributed by atoms with E-state index in [1.807, 2.05) is 30.3 Å². The van der Waals surface area contributed by atoms with Crippen LogP contribution < -0.4 is 0 Å². The molecule has 0 aliphatic heterocycles. The maximum atomic E-state index is 8.05. The van der Waals surface area contributed by atoms with E-state index in [1.54, 1.807) is 0 Å². The molecule has 0 radical (unpaired) electrons. The maximum absolute atomic E-state index is 8.05. The summed E-state index contributed by atoms with van der Waals surface area (Å²) < 4.78 is 1.06. The van der Waals surface area contributed by atoms with Gasteiger partial charge in [-0.3, -0.25) is 0 Å². The molecule has 0 unspecified atom stereocenters. The number of nitrogens with one attached hydrogen (secondary N) is 1. The third-order valence-corrected chi connectivity index (χ3v) is 3.46. The van der Waals surface area contributed by atoms with Gasteiger partial charge in [0.1, 0.15) is 0 Å². The molecule has 0 atom stereocenters. The van der Waals surface area contributed by atoms with Crippen LogP contribution in [0, 0.1) is 5.41 Å². The fourth-order valence-electron chi connectivity index (χ4n) is 1.91. The van der Waals surface area contributed by atoms with E-state index in [4.69, 9.17) is 5.41 Å². The molecule has 0 aliphatic rings. The number of rotatable bonds is 5. The lowest BCUT2D eigenvalue weighted by molar-refractivity contribution is 0.862. The highest BCUT2D eigenvalue weighted by Gasteiger charge is 2.01. The van der Waals surface area contributed by atoms with Crippen LogP contribution in [0.5, 0.6) is 0 Å². The average Bonchev–Trinajstić information content (AvgIpc) is 2.40. The quantitative estimate of drug-likeness (QED) is 0.764. The van der Waals surface area contributed by atoms with Crippen LogP contribution in [0.1, 0.15) is 24.0 Å². The number of hydrogen-bond acceptors (Lipinski definition) is 1. The van der Waals surface area contributed by atoms with Crippen molar-refractivity contribution in [1.29, 1.82) is 5.41 Å². The van der Waals surface area contributed by atoms with Crippen molar-refractivity contribution in [2.45, 2.75) is 19.3 Å². The predicted molar refractivity (Wildman–Crippen MR) is 80.4 cm³/mol. The number of benzene rings is 2. The molecule has 2 rings (SSSR count). The summed E-state index contributed by atoms with van der Waals surface area (Å²) in [4.78, 5) is 0. The summed E-state index contributed by atoms with van der Waals surface area (Å²) in [6, 6.07) is 18.4. The first-order valence-electron chi connectivity index (χ1n) is 6.13. The molecule has 2 aromatic carbocycles. The van der Waals surface area contributed by atoms with Gasteiger partial charge in [-0.25, -0.2) is 0 Å². The van der Waals surface area contributed by atoms with E-state index in [2.05, 4.69) is 40.2 Å². The van der Waals surface area contributed by atoms with Gasteiger partial charge in [0.05, 0.1) is 0 Å². The Kier molecular flexibility index (Phi) is 4.71. The van der Waals surface area contributed by atoms with Crippen molar-refractivity contribution >= 4 is 21.6 Å². The van der Waals surface area contributed by atoms with Crippen molar-refractivity contribution in [3.8, 4) is 0 Å². The van der Waals surface area contributed by atoms with Crippen molar-refractivity contribution < 1.29 is 0 Å². The Labute approximate surface area is 117 Å². The number of hydrogen-bond donors (Lipinski definition) is 1. The average molecular weight is 302 g/mol. The molecule has 2 aromatic rings. The lowest BCUT2D eigenvalue weighted by atomic mass is 10.0. The summed E-state index contributed by atoms with van der Waals surface area (Å²) in [5, 5.41) is 8.05. The predicted octanol–water partition coefficient (Wildman–Crippen LogP) is 4.84. The van der Waals surface area contributed by atoms with Gasteiger partial charge in [-0.2, -0.15) is 0 Å². The smallest absolute Gasteiger partial charge is 0.0386 e. The molecule has 18 heavy (non-hydrogen) atoms. The third-order valence-electron chi connectivity index (χ3n) is 2.93. The minimum absolute atomic E-state index is 0.721. The van der Waals surface area contributed by atoms with Gasteiger partial charge in [0.2, 0.25) is 0 Å². The zero-order valence-corrected chi connectivity index (χ0v) is 11.8. The molecule has 92 valence electrons. The minimum Gasteiger partial charge on any atom is -0.305 e. The van der Waals surface area contributed by atoms with Crippen molar-refractivity contribution in [3.63, 3.8) is 0 Å². The van der Waals surface area contributed by atoms with Crippen molar-refractivity contribution in [3.05, 3.63) is 70.2 Å². The van der Waals surface area contributed by atoms with Gasteiger partial charge in [-0.1, -0.05) is 58.4 Å². The van der Waals surface area contributed by atoms with Crippen LogP contribution in [0.15, 0.2) is 59.1 Å². The maximum Gasteiger partial charge on any atom is 0.0386 e. The molecule has 0 heterocycles. The largest absolute Gasteiger partial charge is 0.305 e. The Morgan fingerprint density at radius 2 is 1.61 bits per heavy atom. The molecule has 0 bridgehead atoms. The standard InChI is InChI=1S/C16H16BrN/c17-15-11-9-14(10-12-15)16(18)8-4-7-13-5-2-1-3-6-13/h1-3,5-6,9-12,18H,4,7-8H2. The summed E-state index contributed by atoms with van der Waals surface area (Å²) in [7, 11) is 0. The van der Waals surface area contributed by atoms with Crippen molar-refractivity contribution in [2.24, 2.45) is 0 Å². The van der Waals surface area contributed by atoms with Crippen molar-refractivity contribution in [2.75, 3.05) is 0 Å². The molecule has 0 amide bonds. The van der Waals surface area contributed by atoms with Gasteiger partial charge in [0.15, 0.2) is 0 Å². The second kappa shape index (κ2) is 6.50. The lowest BCUT2D eigenvalue weighted by Crippen LogP contribution is -1.99. The van der Waals surface area contributed by atoms with Gasteiger partial charge in [-0.15, -0.1) is 0 Å². The normalized spacial score (nSPS) is 10.3.